The summed E-state index contributed by atoms with van der Waals surface area (Å²) in [6.45, 7) is 0.230. The summed E-state index contributed by atoms with van der Waals surface area (Å²) in [4.78, 5) is 45.1. The predicted molar refractivity (Wildman–Crippen MR) is 108 cm³/mol. The van der Waals surface area contributed by atoms with Crippen molar-refractivity contribution in [3.63, 3.8) is 0 Å². The average Bonchev–Trinajstić information content (AvgIpc) is 2.71. The number of carbonyl (C=O) groups excluding carboxylic acids is 2. The fraction of sp³-hybridized carbons (Fsp3) is 0.211. The molecule has 11 nitrogen and oxygen atoms in total. The van der Waals surface area contributed by atoms with E-state index in [4.69, 9.17) is 9.84 Å². The number of ether oxygens (including phenoxy) is 1. The lowest BCUT2D eigenvalue weighted by Gasteiger charge is -2.10. The van der Waals surface area contributed by atoms with Crippen molar-refractivity contribution < 1.29 is 29.2 Å². The molecule has 0 aliphatic carbocycles. The molecule has 0 aromatic heterocycles. The third-order valence-electron chi connectivity index (χ3n) is 3.91. The normalized spacial score (nSPS) is 10.0. The zero-order valence-electron chi connectivity index (χ0n) is 16.0. The number of nitrogens with zero attached hydrogens (tertiary/aromatic N) is 1. The van der Waals surface area contributed by atoms with Gasteiger partial charge >= 0.3 is 12.0 Å². The van der Waals surface area contributed by atoms with Crippen LogP contribution in [0.5, 0.6) is 5.75 Å². The first-order chi connectivity index (χ1) is 14.3. The molecule has 0 bridgehead atoms. The van der Waals surface area contributed by atoms with Crippen molar-refractivity contribution in [2.45, 2.75) is 12.8 Å². The van der Waals surface area contributed by atoms with Crippen LogP contribution in [0.25, 0.3) is 0 Å². The van der Waals surface area contributed by atoms with Crippen LogP contribution in [0, 0.1) is 10.1 Å². The van der Waals surface area contributed by atoms with Gasteiger partial charge in [-0.25, -0.2) is 4.79 Å². The van der Waals surface area contributed by atoms with E-state index in [0.29, 0.717) is 17.7 Å². The van der Waals surface area contributed by atoms with Crippen molar-refractivity contribution >= 4 is 35.0 Å². The number of methoxy groups -OCH3 is 1. The van der Waals surface area contributed by atoms with Crippen molar-refractivity contribution in [1.82, 2.24) is 5.32 Å². The van der Waals surface area contributed by atoms with Gasteiger partial charge in [-0.05, 0) is 42.8 Å². The highest BCUT2D eigenvalue weighted by molar-refractivity contribution is 6.01. The van der Waals surface area contributed by atoms with Gasteiger partial charge in [0.1, 0.15) is 11.4 Å². The maximum atomic E-state index is 12.2. The molecule has 0 unspecified atom stereocenters. The van der Waals surface area contributed by atoms with Gasteiger partial charge in [0.05, 0.1) is 18.1 Å². The summed E-state index contributed by atoms with van der Waals surface area (Å²) < 4.78 is 4.94. The quantitative estimate of drug-likeness (QED) is 0.278. The third kappa shape index (κ3) is 6.48. The van der Waals surface area contributed by atoms with Crippen LogP contribution in [-0.2, 0) is 4.79 Å². The Bertz CT molecular complexity index is 944. The van der Waals surface area contributed by atoms with E-state index in [9.17, 15) is 24.5 Å². The Morgan fingerprint density at radius 1 is 1.10 bits per heavy atom. The van der Waals surface area contributed by atoms with E-state index >= 15 is 0 Å². The molecule has 0 radical (unpaired) electrons. The van der Waals surface area contributed by atoms with Gasteiger partial charge < -0.3 is 25.8 Å². The molecule has 2 aromatic carbocycles. The van der Waals surface area contributed by atoms with E-state index in [0.717, 1.165) is 0 Å². The molecular weight excluding hydrogens is 396 g/mol. The summed E-state index contributed by atoms with van der Waals surface area (Å²) in [6, 6.07) is 9.28. The summed E-state index contributed by atoms with van der Waals surface area (Å²) in [5.74, 6) is -1.02. The average molecular weight is 416 g/mol. The second-order valence-electron chi connectivity index (χ2n) is 6.05. The number of anilines is 2. The fourth-order valence-corrected chi connectivity index (χ4v) is 2.43. The van der Waals surface area contributed by atoms with Crippen LogP contribution in [-0.4, -0.2) is 41.6 Å². The first-order valence-electron chi connectivity index (χ1n) is 8.80. The number of hydrogen-bond acceptors (Lipinski definition) is 6. The molecule has 0 spiro atoms. The monoisotopic (exact) mass is 416 g/mol. The van der Waals surface area contributed by atoms with Crippen LogP contribution in [0.1, 0.15) is 23.2 Å². The molecule has 0 fully saturated rings. The van der Waals surface area contributed by atoms with Crippen LogP contribution in [0.3, 0.4) is 0 Å². The van der Waals surface area contributed by atoms with Gasteiger partial charge in [-0.15, -0.1) is 0 Å². The maximum absolute atomic E-state index is 12.2. The van der Waals surface area contributed by atoms with Crippen LogP contribution in [0.4, 0.5) is 21.9 Å². The largest absolute Gasteiger partial charge is 0.496 e. The minimum atomic E-state index is -0.932. The third-order valence-corrected chi connectivity index (χ3v) is 3.91. The van der Waals surface area contributed by atoms with Crippen LogP contribution in [0.2, 0.25) is 0 Å². The van der Waals surface area contributed by atoms with Gasteiger partial charge in [-0.2, -0.15) is 0 Å². The Morgan fingerprint density at radius 3 is 2.40 bits per heavy atom. The number of nitro benzene ring substituents is 1. The van der Waals surface area contributed by atoms with Crippen LogP contribution in [0.15, 0.2) is 42.5 Å². The summed E-state index contributed by atoms with van der Waals surface area (Å²) in [6.07, 6.45) is 0.281. The van der Waals surface area contributed by atoms with Crippen LogP contribution >= 0.6 is 0 Å². The van der Waals surface area contributed by atoms with Crippen LogP contribution < -0.4 is 20.7 Å². The molecule has 0 saturated heterocycles. The predicted octanol–water partition coefficient (Wildman–Crippen LogP) is 2.84. The Morgan fingerprint density at radius 2 is 1.80 bits per heavy atom. The Kier molecular flexibility index (Phi) is 7.68. The van der Waals surface area contributed by atoms with E-state index in [1.165, 1.54) is 49.6 Å². The molecule has 158 valence electrons. The number of rotatable bonds is 9. The molecule has 11 heteroatoms. The highest BCUT2D eigenvalue weighted by Gasteiger charge is 2.17. The molecule has 30 heavy (non-hydrogen) atoms. The number of nitro groups is 1. The lowest BCUT2D eigenvalue weighted by atomic mass is 10.2. The number of nitrogens with one attached hydrogen (secondary N) is 3. The molecule has 4 N–H and O–H groups in total. The Balaban J connectivity index is 1.94. The van der Waals surface area contributed by atoms with Crippen molar-refractivity contribution in [2.24, 2.45) is 0 Å². The molecule has 2 rings (SSSR count). The molecule has 0 aliphatic rings. The second kappa shape index (κ2) is 10.4. The van der Waals surface area contributed by atoms with Crippen molar-refractivity contribution in [3.8, 4) is 5.75 Å². The Hall–Kier alpha value is -4.15. The van der Waals surface area contributed by atoms with E-state index in [1.54, 1.807) is 0 Å². The zero-order valence-corrected chi connectivity index (χ0v) is 16.0. The van der Waals surface area contributed by atoms with Gasteiger partial charge in [0, 0.05) is 24.2 Å². The van der Waals surface area contributed by atoms with E-state index < -0.39 is 16.9 Å². The number of benzene rings is 2. The van der Waals surface area contributed by atoms with Gasteiger partial charge in [-0.3, -0.25) is 19.7 Å². The molecule has 2 aromatic rings. The first-order valence-corrected chi connectivity index (χ1v) is 8.80. The molecule has 0 heterocycles. The molecular formula is C19H20N4O7. The number of carbonyl (C=O) groups is 3. The van der Waals surface area contributed by atoms with Crippen molar-refractivity contribution in [1.29, 1.82) is 0 Å². The van der Waals surface area contributed by atoms with Crippen molar-refractivity contribution in [3.05, 3.63) is 58.1 Å². The summed E-state index contributed by atoms with van der Waals surface area (Å²) in [5, 5.41) is 27.2. The van der Waals surface area contributed by atoms with Gasteiger partial charge in [0.2, 0.25) is 0 Å². The smallest absolute Gasteiger partial charge is 0.323 e. The first kappa shape index (κ1) is 22.1. The molecule has 0 saturated carbocycles. The number of carboxylic acid groups (broad SMARTS) is 1. The number of carboxylic acids is 1. The summed E-state index contributed by atoms with van der Waals surface area (Å²) >= 11 is 0. The van der Waals surface area contributed by atoms with Gasteiger partial charge in [0.25, 0.3) is 11.6 Å². The van der Waals surface area contributed by atoms with Crippen molar-refractivity contribution in [2.75, 3.05) is 24.3 Å². The lowest BCUT2D eigenvalue weighted by Crippen LogP contribution is -2.25. The minimum Gasteiger partial charge on any atom is -0.496 e. The summed E-state index contributed by atoms with van der Waals surface area (Å²) in [7, 11) is 1.37. The second-order valence-corrected chi connectivity index (χ2v) is 6.05. The number of amides is 3. The number of hydrogen-bond donors (Lipinski definition) is 4. The molecule has 0 atom stereocenters. The van der Waals surface area contributed by atoms with E-state index in [1.807, 2.05) is 0 Å². The standard InChI is InChI=1S/C19H20N4O7/c1-30-14-8-9-15(16(11-14)23(28)29)22-19(27)21-13-6-4-12(5-7-13)18(26)20-10-2-3-17(24)25/h4-9,11H,2-3,10H2,1H3,(H,20,26)(H,24,25)(H2,21,22,27). The van der Waals surface area contributed by atoms with E-state index in [-0.39, 0.29) is 36.0 Å². The molecule has 0 aliphatic heterocycles. The summed E-state index contributed by atoms with van der Waals surface area (Å²) in [5.41, 5.74) is 0.378. The Labute approximate surface area is 171 Å². The lowest BCUT2D eigenvalue weighted by molar-refractivity contribution is -0.384. The maximum Gasteiger partial charge on any atom is 0.323 e. The minimum absolute atomic E-state index is 0.00402. The van der Waals surface area contributed by atoms with Gasteiger partial charge in [0.15, 0.2) is 0 Å². The number of aliphatic carboxylic acids is 1. The number of urea groups is 1. The fourth-order valence-electron chi connectivity index (χ4n) is 2.43. The van der Waals surface area contributed by atoms with E-state index in [2.05, 4.69) is 16.0 Å². The highest BCUT2D eigenvalue weighted by atomic mass is 16.6. The van der Waals surface area contributed by atoms with Gasteiger partial charge in [-0.1, -0.05) is 0 Å². The molecule has 3 amide bonds. The topological polar surface area (TPSA) is 160 Å². The SMILES string of the molecule is COc1ccc(NC(=O)Nc2ccc(C(=O)NCCCC(=O)O)cc2)c([N+](=O)[O-])c1. The zero-order chi connectivity index (χ0) is 22.1. The highest BCUT2D eigenvalue weighted by Crippen LogP contribution is 2.29.